The Morgan fingerprint density at radius 1 is 1.25 bits per heavy atom. The minimum absolute atomic E-state index is 0.471. The third-order valence-corrected chi connectivity index (χ3v) is 4.09. The first-order chi connectivity index (χ1) is 9.69. The molecule has 0 saturated heterocycles. The van der Waals surface area contributed by atoms with Gasteiger partial charge < -0.3 is 9.47 Å². The standard InChI is InChI=1S/C16H24ClN3/c1-4-19(5-2)9-6-10-20-15-8-7-13(3)11-14(15)18-16(20)12-17/h7-8,11H,4-6,9-10,12H2,1-3H3. The summed E-state index contributed by atoms with van der Waals surface area (Å²) in [5, 5.41) is 0. The second kappa shape index (κ2) is 7.09. The quantitative estimate of drug-likeness (QED) is 0.724. The van der Waals surface area contributed by atoms with Crippen LogP contribution in [-0.4, -0.2) is 34.1 Å². The zero-order valence-electron chi connectivity index (χ0n) is 12.7. The highest BCUT2D eigenvalue weighted by atomic mass is 35.5. The predicted octanol–water partition coefficient (Wildman–Crippen LogP) is 3.82. The topological polar surface area (TPSA) is 21.1 Å². The summed E-state index contributed by atoms with van der Waals surface area (Å²) in [5.41, 5.74) is 3.50. The molecule has 2 aromatic rings. The van der Waals surface area contributed by atoms with E-state index in [-0.39, 0.29) is 0 Å². The van der Waals surface area contributed by atoms with Crippen molar-refractivity contribution in [2.75, 3.05) is 19.6 Å². The van der Waals surface area contributed by atoms with Gasteiger partial charge in [0.25, 0.3) is 0 Å². The normalized spacial score (nSPS) is 11.7. The van der Waals surface area contributed by atoms with Crippen LogP contribution < -0.4 is 0 Å². The van der Waals surface area contributed by atoms with Gasteiger partial charge in [-0.3, -0.25) is 0 Å². The molecule has 0 aliphatic carbocycles. The fourth-order valence-electron chi connectivity index (χ4n) is 2.63. The highest BCUT2D eigenvalue weighted by Crippen LogP contribution is 2.19. The first-order valence-electron chi connectivity index (χ1n) is 7.43. The van der Waals surface area contributed by atoms with E-state index in [0.717, 1.165) is 43.9 Å². The van der Waals surface area contributed by atoms with Gasteiger partial charge in [0.15, 0.2) is 0 Å². The number of aromatic nitrogens is 2. The molecular formula is C16H24ClN3. The van der Waals surface area contributed by atoms with E-state index in [2.05, 4.69) is 53.4 Å². The lowest BCUT2D eigenvalue weighted by molar-refractivity contribution is 0.293. The highest BCUT2D eigenvalue weighted by Gasteiger charge is 2.10. The van der Waals surface area contributed by atoms with Gasteiger partial charge in [-0.2, -0.15) is 0 Å². The molecule has 0 spiro atoms. The number of hydrogen-bond donors (Lipinski definition) is 0. The highest BCUT2D eigenvalue weighted by molar-refractivity contribution is 6.16. The maximum absolute atomic E-state index is 6.05. The van der Waals surface area contributed by atoms with E-state index in [1.807, 2.05) is 0 Å². The van der Waals surface area contributed by atoms with Gasteiger partial charge in [0.05, 0.1) is 16.9 Å². The molecule has 0 bridgehead atoms. The van der Waals surface area contributed by atoms with Gasteiger partial charge in [0.2, 0.25) is 0 Å². The summed E-state index contributed by atoms with van der Waals surface area (Å²) in [6, 6.07) is 6.43. The number of halogens is 1. The van der Waals surface area contributed by atoms with E-state index in [0.29, 0.717) is 5.88 Å². The molecule has 2 rings (SSSR count). The maximum atomic E-state index is 6.05. The van der Waals surface area contributed by atoms with Crippen molar-refractivity contribution >= 4 is 22.6 Å². The SMILES string of the molecule is CCN(CC)CCCn1c(CCl)nc2cc(C)ccc21. The molecular weight excluding hydrogens is 270 g/mol. The molecule has 1 aromatic heterocycles. The molecule has 0 fully saturated rings. The molecule has 0 aliphatic rings. The van der Waals surface area contributed by atoms with Crippen LogP contribution in [0.15, 0.2) is 18.2 Å². The van der Waals surface area contributed by atoms with Crippen molar-refractivity contribution in [3.63, 3.8) is 0 Å². The van der Waals surface area contributed by atoms with Crippen LogP contribution in [0, 0.1) is 6.92 Å². The Labute approximate surface area is 126 Å². The van der Waals surface area contributed by atoms with Crippen molar-refractivity contribution < 1.29 is 0 Å². The molecule has 0 atom stereocenters. The van der Waals surface area contributed by atoms with Crippen LogP contribution in [0.3, 0.4) is 0 Å². The Balaban J connectivity index is 2.15. The number of imidazole rings is 1. The fourth-order valence-corrected chi connectivity index (χ4v) is 2.84. The Kier molecular flexibility index (Phi) is 5.44. The zero-order chi connectivity index (χ0) is 14.5. The molecule has 0 radical (unpaired) electrons. The number of fused-ring (bicyclic) bond motifs is 1. The van der Waals surface area contributed by atoms with Crippen LogP contribution in [0.4, 0.5) is 0 Å². The van der Waals surface area contributed by atoms with E-state index in [1.54, 1.807) is 0 Å². The molecule has 0 saturated carbocycles. The first kappa shape index (κ1) is 15.3. The maximum Gasteiger partial charge on any atom is 0.124 e. The molecule has 1 aromatic carbocycles. The Bertz CT molecular complexity index is 558. The van der Waals surface area contributed by atoms with Gasteiger partial charge in [-0.05, 0) is 50.7 Å². The summed E-state index contributed by atoms with van der Waals surface area (Å²) in [5.74, 6) is 1.45. The van der Waals surface area contributed by atoms with Crippen molar-refractivity contribution in [2.24, 2.45) is 0 Å². The van der Waals surface area contributed by atoms with Crippen LogP contribution in [0.2, 0.25) is 0 Å². The van der Waals surface area contributed by atoms with Crippen LogP contribution in [0.5, 0.6) is 0 Å². The van der Waals surface area contributed by atoms with Crippen LogP contribution in [0.1, 0.15) is 31.7 Å². The third-order valence-electron chi connectivity index (χ3n) is 3.85. The minimum atomic E-state index is 0.471. The fraction of sp³-hybridized carbons (Fsp3) is 0.562. The largest absolute Gasteiger partial charge is 0.327 e. The molecule has 20 heavy (non-hydrogen) atoms. The lowest BCUT2D eigenvalue weighted by Gasteiger charge is -2.18. The summed E-state index contributed by atoms with van der Waals surface area (Å²) in [6.07, 6.45) is 1.13. The number of benzene rings is 1. The molecule has 0 amide bonds. The molecule has 0 aliphatic heterocycles. The van der Waals surface area contributed by atoms with Gasteiger partial charge in [-0.1, -0.05) is 19.9 Å². The Morgan fingerprint density at radius 3 is 2.65 bits per heavy atom. The Morgan fingerprint density at radius 2 is 2.00 bits per heavy atom. The third kappa shape index (κ3) is 3.33. The van der Waals surface area contributed by atoms with E-state index < -0.39 is 0 Å². The number of nitrogens with zero attached hydrogens (tertiary/aromatic N) is 3. The first-order valence-corrected chi connectivity index (χ1v) is 7.97. The van der Waals surface area contributed by atoms with E-state index in [1.165, 1.54) is 11.1 Å². The van der Waals surface area contributed by atoms with Crippen LogP contribution in [0.25, 0.3) is 11.0 Å². The molecule has 1 heterocycles. The summed E-state index contributed by atoms with van der Waals surface area (Å²) >= 11 is 6.05. The van der Waals surface area contributed by atoms with Gasteiger partial charge in [-0.15, -0.1) is 11.6 Å². The molecule has 110 valence electrons. The summed E-state index contributed by atoms with van der Waals surface area (Å²) in [7, 11) is 0. The number of alkyl halides is 1. The van der Waals surface area contributed by atoms with Crippen molar-refractivity contribution in [3.8, 4) is 0 Å². The van der Waals surface area contributed by atoms with Crippen molar-refractivity contribution in [2.45, 2.75) is 39.6 Å². The molecule has 0 unspecified atom stereocenters. The number of aryl methyl sites for hydroxylation is 2. The van der Waals surface area contributed by atoms with Gasteiger partial charge in [0.1, 0.15) is 5.82 Å². The smallest absolute Gasteiger partial charge is 0.124 e. The van der Waals surface area contributed by atoms with Gasteiger partial charge in [0, 0.05) is 6.54 Å². The average molecular weight is 294 g/mol. The molecule has 3 nitrogen and oxygen atoms in total. The summed E-state index contributed by atoms with van der Waals surface area (Å²) in [6.45, 7) is 10.9. The van der Waals surface area contributed by atoms with Gasteiger partial charge in [-0.25, -0.2) is 4.98 Å². The van der Waals surface area contributed by atoms with Crippen molar-refractivity contribution in [1.29, 1.82) is 0 Å². The van der Waals surface area contributed by atoms with E-state index in [4.69, 9.17) is 11.6 Å². The monoisotopic (exact) mass is 293 g/mol. The second-order valence-electron chi connectivity index (χ2n) is 5.19. The van der Waals surface area contributed by atoms with Crippen molar-refractivity contribution in [3.05, 3.63) is 29.6 Å². The van der Waals surface area contributed by atoms with Crippen molar-refractivity contribution in [1.82, 2.24) is 14.5 Å². The molecule has 0 N–H and O–H groups in total. The number of rotatable bonds is 7. The van der Waals surface area contributed by atoms with E-state index >= 15 is 0 Å². The lowest BCUT2D eigenvalue weighted by Crippen LogP contribution is -2.25. The summed E-state index contributed by atoms with van der Waals surface area (Å²) in [4.78, 5) is 7.10. The second-order valence-corrected chi connectivity index (χ2v) is 5.45. The average Bonchev–Trinajstić information content (AvgIpc) is 2.80. The predicted molar refractivity (Wildman–Crippen MR) is 86.4 cm³/mol. The Hall–Kier alpha value is -1.06. The summed E-state index contributed by atoms with van der Waals surface area (Å²) < 4.78 is 2.27. The number of hydrogen-bond acceptors (Lipinski definition) is 2. The van der Waals surface area contributed by atoms with Crippen LogP contribution in [-0.2, 0) is 12.4 Å². The van der Waals surface area contributed by atoms with Crippen LogP contribution >= 0.6 is 11.6 Å². The zero-order valence-corrected chi connectivity index (χ0v) is 13.5. The lowest BCUT2D eigenvalue weighted by atomic mass is 10.2. The molecule has 4 heteroatoms. The minimum Gasteiger partial charge on any atom is -0.327 e. The van der Waals surface area contributed by atoms with E-state index in [9.17, 15) is 0 Å². The van der Waals surface area contributed by atoms with Gasteiger partial charge >= 0.3 is 0 Å².